The van der Waals surface area contributed by atoms with Crippen LogP contribution in [0.25, 0.3) is 0 Å². The molecule has 4 nitrogen and oxygen atoms in total. The van der Waals surface area contributed by atoms with Gasteiger partial charge in [0.25, 0.3) is 0 Å². The molecule has 1 heterocycles. The van der Waals surface area contributed by atoms with Crippen LogP contribution in [0.15, 0.2) is 0 Å². The highest BCUT2D eigenvalue weighted by atomic mass is 16.3. The molecule has 2 aliphatic rings. The van der Waals surface area contributed by atoms with Crippen LogP contribution in [0.2, 0.25) is 0 Å². The molecule has 0 aromatic heterocycles. The Morgan fingerprint density at radius 1 is 1.41 bits per heavy atom. The average molecular weight is 240 g/mol. The Morgan fingerprint density at radius 2 is 2.12 bits per heavy atom. The van der Waals surface area contributed by atoms with Crippen LogP contribution in [0, 0.1) is 11.8 Å². The average Bonchev–Trinajstić information content (AvgIpc) is 2.26. The summed E-state index contributed by atoms with van der Waals surface area (Å²) < 4.78 is 0. The zero-order chi connectivity index (χ0) is 12.4. The molecule has 1 aliphatic heterocycles. The second-order valence-corrected chi connectivity index (χ2v) is 5.79. The maximum absolute atomic E-state index is 12.2. The largest absolute Gasteiger partial charge is 0.393 e. The van der Waals surface area contributed by atoms with Gasteiger partial charge in [-0.05, 0) is 45.1 Å². The number of carbonyl (C=O) groups is 1. The van der Waals surface area contributed by atoms with Crippen molar-refractivity contribution in [3.05, 3.63) is 0 Å². The maximum atomic E-state index is 12.2. The lowest BCUT2D eigenvalue weighted by Crippen LogP contribution is -2.45. The summed E-state index contributed by atoms with van der Waals surface area (Å²) in [5.41, 5.74) is 0. The molecule has 2 unspecified atom stereocenters. The summed E-state index contributed by atoms with van der Waals surface area (Å²) in [7, 11) is 1.90. The molecular formula is C13H24N2O2. The third kappa shape index (κ3) is 3.19. The number of nitrogens with zero attached hydrogens (tertiary/aromatic N) is 1. The second kappa shape index (κ2) is 5.36. The highest BCUT2D eigenvalue weighted by molar-refractivity contribution is 5.78. The van der Waals surface area contributed by atoms with Crippen LogP contribution in [0.3, 0.4) is 0 Å². The highest BCUT2D eigenvalue weighted by Crippen LogP contribution is 2.28. The van der Waals surface area contributed by atoms with E-state index in [4.69, 9.17) is 0 Å². The molecule has 2 rings (SSSR count). The molecule has 1 amide bonds. The van der Waals surface area contributed by atoms with Crippen molar-refractivity contribution in [3.63, 3.8) is 0 Å². The minimum Gasteiger partial charge on any atom is -0.393 e. The third-order valence-corrected chi connectivity index (χ3v) is 4.09. The zero-order valence-electron chi connectivity index (χ0n) is 10.9. The number of piperidine rings is 1. The fourth-order valence-electron chi connectivity index (χ4n) is 2.99. The minimum absolute atomic E-state index is 0.123. The van der Waals surface area contributed by atoms with E-state index in [-0.39, 0.29) is 12.0 Å². The molecular weight excluding hydrogens is 216 g/mol. The van der Waals surface area contributed by atoms with E-state index in [1.54, 1.807) is 0 Å². The SMILES string of the molecule is CC1CC(C(=O)N(C)CC2CC(O)C2)CCN1. The van der Waals surface area contributed by atoms with Gasteiger partial charge in [0, 0.05) is 25.6 Å². The van der Waals surface area contributed by atoms with Gasteiger partial charge in [-0.25, -0.2) is 0 Å². The number of amides is 1. The second-order valence-electron chi connectivity index (χ2n) is 5.79. The summed E-state index contributed by atoms with van der Waals surface area (Å²) in [6.45, 7) is 3.91. The van der Waals surface area contributed by atoms with Crippen LogP contribution in [0.5, 0.6) is 0 Å². The molecule has 1 saturated heterocycles. The lowest BCUT2D eigenvalue weighted by molar-refractivity contribution is -0.137. The molecule has 17 heavy (non-hydrogen) atoms. The summed E-state index contributed by atoms with van der Waals surface area (Å²) >= 11 is 0. The summed E-state index contributed by atoms with van der Waals surface area (Å²) in [6, 6.07) is 0.455. The molecule has 2 N–H and O–H groups in total. The summed E-state index contributed by atoms with van der Waals surface area (Å²) in [5.74, 6) is 0.999. The van der Waals surface area contributed by atoms with Crippen molar-refractivity contribution in [1.82, 2.24) is 10.2 Å². The molecule has 0 spiro atoms. The van der Waals surface area contributed by atoms with Gasteiger partial charge in [0.05, 0.1) is 6.10 Å². The Kier molecular flexibility index (Phi) is 4.05. The molecule has 0 aromatic carbocycles. The first kappa shape index (κ1) is 12.8. The number of aliphatic hydroxyl groups is 1. The van der Waals surface area contributed by atoms with Gasteiger partial charge in [-0.2, -0.15) is 0 Å². The maximum Gasteiger partial charge on any atom is 0.225 e. The van der Waals surface area contributed by atoms with E-state index in [1.165, 1.54) is 0 Å². The highest BCUT2D eigenvalue weighted by Gasteiger charge is 2.32. The van der Waals surface area contributed by atoms with Crippen molar-refractivity contribution in [2.45, 2.75) is 44.8 Å². The van der Waals surface area contributed by atoms with Crippen molar-refractivity contribution < 1.29 is 9.90 Å². The van der Waals surface area contributed by atoms with E-state index < -0.39 is 0 Å². The topological polar surface area (TPSA) is 52.6 Å². The number of hydrogen-bond donors (Lipinski definition) is 2. The first-order valence-electron chi connectivity index (χ1n) is 6.72. The summed E-state index contributed by atoms with van der Waals surface area (Å²) in [6.07, 6.45) is 3.51. The van der Waals surface area contributed by atoms with Crippen molar-refractivity contribution in [2.24, 2.45) is 11.8 Å². The normalized spacial score (nSPS) is 37.4. The van der Waals surface area contributed by atoms with Gasteiger partial charge in [-0.3, -0.25) is 4.79 Å². The van der Waals surface area contributed by atoms with Crippen molar-refractivity contribution in [1.29, 1.82) is 0 Å². The predicted molar refractivity (Wildman–Crippen MR) is 66.6 cm³/mol. The number of carbonyl (C=O) groups excluding carboxylic acids is 1. The Hall–Kier alpha value is -0.610. The molecule has 4 heteroatoms. The van der Waals surface area contributed by atoms with Gasteiger partial charge in [-0.15, -0.1) is 0 Å². The molecule has 0 aromatic rings. The molecule has 0 bridgehead atoms. The Bertz CT molecular complexity index is 277. The minimum atomic E-state index is -0.123. The van der Waals surface area contributed by atoms with E-state index in [1.807, 2.05) is 11.9 Å². The van der Waals surface area contributed by atoms with Gasteiger partial charge < -0.3 is 15.3 Å². The van der Waals surface area contributed by atoms with Crippen molar-refractivity contribution in [2.75, 3.05) is 20.1 Å². The summed E-state index contributed by atoms with van der Waals surface area (Å²) in [5, 5.41) is 12.6. The lowest BCUT2D eigenvalue weighted by atomic mass is 9.82. The molecule has 1 saturated carbocycles. The number of hydrogen-bond acceptors (Lipinski definition) is 3. The third-order valence-electron chi connectivity index (χ3n) is 4.09. The van der Waals surface area contributed by atoms with Crippen LogP contribution in [0.1, 0.15) is 32.6 Å². The van der Waals surface area contributed by atoms with Crippen LogP contribution in [0.4, 0.5) is 0 Å². The fraction of sp³-hybridized carbons (Fsp3) is 0.923. The molecule has 1 aliphatic carbocycles. The van der Waals surface area contributed by atoms with Gasteiger partial charge in [0.2, 0.25) is 5.91 Å². The molecule has 2 atom stereocenters. The number of rotatable bonds is 3. The molecule has 98 valence electrons. The standard InChI is InChI=1S/C13H24N2O2/c1-9-5-11(3-4-14-9)13(17)15(2)8-10-6-12(16)7-10/h9-12,14,16H,3-8H2,1-2H3. The zero-order valence-corrected chi connectivity index (χ0v) is 10.9. The first-order valence-corrected chi connectivity index (χ1v) is 6.72. The Labute approximate surface area is 103 Å². The van der Waals surface area contributed by atoms with E-state index in [0.717, 1.165) is 38.8 Å². The van der Waals surface area contributed by atoms with Crippen LogP contribution < -0.4 is 5.32 Å². The van der Waals surface area contributed by atoms with E-state index >= 15 is 0 Å². The number of aliphatic hydroxyl groups excluding tert-OH is 1. The monoisotopic (exact) mass is 240 g/mol. The van der Waals surface area contributed by atoms with E-state index in [0.29, 0.717) is 17.9 Å². The predicted octanol–water partition coefficient (Wildman–Crippen LogP) is 0.604. The van der Waals surface area contributed by atoms with Crippen LogP contribution >= 0.6 is 0 Å². The summed E-state index contributed by atoms with van der Waals surface area (Å²) in [4.78, 5) is 14.1. The van der Waals surface area contributed by atoms with Gasteiger partial charge in [-0.1, -0.05) is 0 Å². The van der Waals surface area contributed by atoms with Gasteiger partial charge in [0.1, 0.15) is 0 Å². The fourth-order valence-corrected chi connectivity index (χ4v) is 2.99. The Morgan fingerprint density at radius 3 is 2.71 bits per heavy atom. The van der Waals surface area contributed by atoms with Gasteiger partial charge in [0.15, 0.2) is 0 Å². The van der Waals surface area contributed by atoms with E-state index in [9.17, 15) is 9.90 Å². The van der Waals surface area contributed by atoms with Crippen LogP contribution in [-0.4, -0.2) is 48.2 Å². The van der Waals surface area contributed by atoms with E-state index in [2.05, 4.69) is 12.2 Å². The molecule has 0 radical (unpaired) electrons. The quantitative estimate of drug-likeness (QED) is 0.760. The van der Waals surface area contributed by atoms with Crippen molar-refractivity contribution >= 4 is 5.91 Å². The van der Waals surface area contributed by atoms with Gasteiger partial charge >= 0.3 is 0 Å². The number of nitrogens with one attached hydrogen (secondary N) is 1. The first-order chi connectivity index (χ1) is 8.06. The van der Waals surface area contributed by atoms with Crippen LogP contribution in [-0.2, 0) is 4.79 Å². The lowest BCUT2D eigenvalue weighted by Gasteiger charge is -2.36. The Balaban J connectivity index is 1.77. The van der Waals surface area contributed by atoms with Crippen molar-refractivity contribution in [3.8, 4) is 0 Å². The molecule has 2 fully saturated rings. The smallest absolute Gasteiger partial charge is 0.225 e.